The maximum absolute atomic E-state index is 12.4. The molecular weight excluding hydrogens is 364 g/mol. The lowest BCUT2D eigenvalue weighted by Gasteiger charge is -2.13. The van der Waals surface area contributed by atoms with Gasteiger partial charge in [-0.3, -0.25) is 19.3 Å². The Morgan fingerprint density at radius 1 is 0.926 bits per heavy atom. The van der Waals surface area contributed by atoms with Crippen molar-refractivity contribution in [1.82, 2.24) is 4.90 Å². The maximum Gasteiger partial charge on any atom is 0.291 e. The highest BCUT2D eigenvalue weighted by atomic mass is 32.2. The van der Waals surface area contributed by atoms with Crippen LogP contribution in [0.15, 0.2) is 76.2 Å². The van der Waals surface area contributed by atoms with Crippen molar-refractivity contribution in [2.24, 2.45) is 0 Å². The first-order valence-corrected chi connectivity index (χ1v) is 9.15. The minimum Gasteiger partial charge on any atom is -0.459 e. The molecule has 0 saturated heterocycles. The molecule has 0 spiro atoms. The Balaban J connectivity index is 1.38. The summed E-state index contributed by atoms with van der Waals surface area (Å²) in [5.74, 6) is -0.411. The summed E-state index contributed by atoms with van der Waals surface area (Å²) < 4.78 is 5.05. The third-order valence-corrected chi connectivity index (χ3v) is 5.09. The number of anilines is 1. The van der Waals surface area contributed by atoms with Crippen molar-refractivity contribution in [3.8, 4) is 0 Å². The van der Waals surface area contributed by atoms with E-state index in [-0.39, 0.29) is 29.4 Å². The summed E-state index contributed by atoms with van der Waals surface area (Å²) >= 11 is 1.37. The molecule has 0 saturated carbocycles. The highest BCUT2D eigenvalue weighted by Gasteiger charge is 2.34. The molecule has 3 aromatic rings. The van der Waals surface area contributed by atoms with Crippen LogP contribution in [-0.4, -0.2) is 28.5 Å². The molecule has 0 atom stereocenters. The Kier molecular flexibility index (Phi) is 4.52. The number of imide groups is 1. The van der Waals surface area contributed by atoms with Gasteiger partial charge in [0.1, 0.15) is 0 Å². The molecule has 7 heteroatoms. The number of amides is 3. The summed E-state index contributed by atoms with van der Waals surface area (Å²) in [6, 6.07) is 17.2. The maximum atomic E-state index is 12.4. The van der Waals surface area contributed by atoms with Crippen molar-refractivity contribution in [1.29, 1.82) is 0 Å². The average molecular weight is 378 g/mol. The zero-order valence-corrected chi connectivity index (χ0v) is 14.9. The first-order chi connectivity index (χ1) is 13.1. The molecule has 6 nitrogen and oxygen atoms in total. The number of nitrogens with zero attached hydrogens (tertiary/aromatic N) is 1. The fraction of sp³-hybridized carbons (Fsp3) is 0.0500. The first kappa shape index (κ1) is 17.1. The zero-order valence-electron chi connectivity index (χ0n) is 14.0. The Labute approximate surface area is 159 Å². The van der Waals surface area contributed by atoms with Gasteiger partial charge in [-0.2, -0.15) is 0 Å². The SMILES string of the molecule is O=C(Nc1ccc(SCN2C(=O)c3ccccc3C2=O)cc1)c1ccco1. The Hall–Kier alpha value is -3.32. The topological polar surface area (TPSA) is 79.6 Å². The monoisotopic (exact) mass is 378 g/mol. The second-order valence-corrected chi connectivity index (χ2v) is 6.83. The van der Waals surface area contributed by atoms with Crippen LogP contribution in [0.2, 0.25) is 0 Å². The number of hydrogen-bond acceptors (Lipinski definition) is 5. The van der Waals surface area contributed by atoms with E-state index >= 15 is 0 Å². The van der Waals surface area contributed by atoms with Gasteiger partial charge in [0.25, 0.3) is 17.7 Å². The summed E-state index contributed by atoms with van der Waals surface area (Å²) in [5, 5.41) is 2.73. The smallest absolute Gasteiger partial charge is 0.291 e. The molecule has 134 valence electrons. The second kappa shape index (κ2) is 7.13. The third-order valence-electron chi connectivity index (χ3n) is 4.10. The van der Waals surface area contributed by atoms with E-state index in [1.165, 1.54) is 22.9 Å². The van der Waals surface area contributed by atoms with Gasteiger partial charge in [0.15, 0.2) is 5.76 Å². The summed E-state index contributed by atoms with van der Waals surface area (Å²) in [6.07, 6.45) is 1.44. The molecule has 1 aromatic heterocycles. The molecular formula is C20H14N2O4S. The van der Waals surface area contributed by atoms with Crippen LogP contribution >= 0.6 is 11.8 Å². The summed E-state index contributed by atoms with van der Waals surface area (Å²) in [4.78, 5) is 38.8. The molecule has 0 unspecified atom stereocenters. The summed E-state index contributed by atoms with van der Waals surface area (Å²) in [7, 11) is 0. The van der Waals surface area contributed by atoms with E-state index in [4.69, 9.17) is 4.42 Å². The van der Waals surface area contributed by atoms with E-state index in [1.54, 1.807) is 48.5 Å². The van der Waals surface area contributed by atoms with Crippen LogP contribution in [0.5, 0.6) is 0 Å². The molecule has 1 aliphatic rings. The quantitative estimate of drug-likeness (QED) is 0.538. The number of hydrogen-bond donors (Lipinski definition) is 1. The molecule has 1 N–H and O–H groups in total. The van der Waals surface area contributed by atoms with Crippen LogP contribution in [0.3, 0.4) is 0 Å². The minimum absolute atomic E-state index is 0.227. The molecule has 4 rings (SSSR count). The molecule has 0 aliphatic carbocycles. The van der Waals surface area contributed by atoms with E-state index in [9.17, 15) is 14.4 Å². The van der Waals surface area contributed by atoms with Crippen LogP contribution in [0.4, 0.5) is 5.69 Å². The number of benzene rings is 2. The van der Waals surface area contributed by atoms with Gasteiger partial charge in [-0.25, -0.2) is 0 Å². The van der Waals surface area contributed by atoms with Gasteiger partial charge in [0.05, 0.1) is 23.3 Å². The van der Waals surface area contributed by atoms with E-state index < -0.39 is 0 Å². The van der Waals surface area contributed by atoms with Crippen molar-refractivity contribution in [2.45, 2.75) is 4.90 Å². The first-order valence-electron chi connectivity index (χ1n) is 8.16. The predicted octanol–water partition coefficient (Wildman–Crippen LogP) is 3.88. The van der Waals surface area contributed by atoms with E-state index in [0.29, 0.717) is 16.8 Å². The molecule has 0 radical (unpaired) electrons. The van der Waals surface area contributed by atoms with E-state index in [1.807, 2.05) is 12.1 Å². The lowest BCUT2D eigenvalue weighted by molar-refractivity contribution is 0.0683. The van der Waals surface area contributed by atoms with E-state index in [2.05, 4.69) is 5.32 Å². The molecule has 2 aromatic carbocycles. The predicted molar refractivity (Wildman–Crippen MR) is 101 cm³/mol. The Bertz CT molecular complexity index is 978. The number of nitrogens with one attached hydrogen (secondary N) is 1. The molecule has 2 heterocycles. The molecule has 1 aliphatic heterocycles. The molecule has 0 fully saturated rings. The number of thioether (sulfide) groups is 1. The largest absolute Gasteiger partial charge is 0.459 e. The number of fused-ring (bicyclic) bond motifs is 1. The van der Waals surface area contributed by atoms with Crippen molar-refractivity contribution in [3.63, 3.8) is 0 Å². The van der Waals surface area contributed by atoms with Gasteiger partial charge in [-0.05, 0) is 48.5 Å². The fourth-order valence-electron chi connectivity index (χ4n) is 2.73. The number of furan rings is 1. The van der Waals surface area contributed by atoms with Crippen molar-refractivity contribution in [2.75, 3.05) is 11.2 Å². The average Bonchev–Trinajstić information content (AvgIpc) is 3.31. The number of carbonyl (C=O) groups excluding carboxylic acids is 3. The fourth-order valence-corrected chi connectivity index (χ4v) is 3.57. The van der Waals surface area contributed by atoms with Gasteiger partial charge in [0.2, 0.25) is 0 Å². The minimum atomic E-state index is -0.327. The van der Waals surface area contributed by atoms with Gasteiger partial charge < -0.3 is 9.73 Å². The van der Waals surface area contributed by atoms with Gasteiger partial charge in [-0.1, -0.05) is 12.1 Å². The van der Waals surface area contributed by atoms with E-state index in [0.717, 1.165) is 4.90 Å². The van der Waals surface area contributed by atoms with Gasteiger partial charge >= 0.3 is 0 Å². The lowest BCUT2D eigenvalue weighted by atomic mass is 10.1. The lowest BCUT2D eigenvalue weighted by Crippen LogP contribution is -2.29. The molecule has 27 heavy (non-hydrogen) atoms. The summed E-state index contributed by atoms with van der Waals surface area (Å²) in [6.45, 7) is 0. The van der Waals surface area contributed by atoms with Gasteiger partial charge in [0, 0.05) is 10.6 Å². The number of carbonyl (C=O) groups is 3. The third kappa shape index (κ3) is 3.37. The van der Waals surface area contributed by atoms with Crippen molar-refractivity contribution < 1.29 is 18.8 Å². The zero-order chi connectivity index (χ0) is 18.8. The highest BCUT2D eigenvalue weighted by Crippen LogP contribution is 2.27. The Morgan fingerprint density at radius 2 is 1.59 bits per heavy atom. The van der Waals surface area contributed by atoms with Crippen molar-refractivity contribution in [3.05, 3.63) is 83.8 Å². The van der Waals surface area contributed by atoms with Crippen molar-refractivity contribution >= 4 is 35.2 Å². The summed E-state index contributed by atoms with van der Waals surface area (Å²) in [5.41, 5.74) is 1.51. The molecule has 3 amide bonds. The van der Waals surface area contributed by atoms with Crippen LogP contribution in [-0.2, 0) is 0 Å². The van der Waals surface area contributed by atoms with Crippen LogP contribution in [0.1, 0.15) is 31.3 Å². The highest BCUT2D eigenvalue weighted by molar-refractivity contribution is 7.99. The molecule has 0 bridgehead atoms. The van der Waals surface area contributed by atoms with Gasteiger partial charge in [-0.15, -0.1) is 11.8 Å². The van der Waals surface area contributed by atoms with Crippen LogP contribution < -0.4 is 5.32 Å². The number of rotatable bonds is 5. The van der Waals surface area contributed by atoms with Crippen LogP contribution in [0.25, 0.3) is 0 Å². The standard InChI is InChI=1S/C20H14N2O4S/c23-18(17-6-3-11-26-17)21-13-7-9-14(10-8-13)27-12-22-19(24)15-4-1-2-5-16(15)20(22)25/h1-11H,12H2,(H,21,23). The Morgan fingerprint density at radius 3 is 2.19 bits per heavy atom. The van der Waals surface area contributed by atoms with Crippen LogP contribution in [0, 0.1) is 0 Å². The second-order valence-electron chi connectivity index (χ2n) is 5.81. The normalized spacial score (nSPS) is 13.0.